The number of carboxylic acid groups (broad SMARTS) is 1. The Morgan fingerprint density at radius 2 is 2.15 bits per heavy atom. The summed E-state index contributed by atoms with van der Waals surface area (Å²) in [6.07, 6.45) is 0. The van der Waals surface area contributed by atoms with Crippen molar-refractivity contribution in [2.24, 2.45) is 5.73 Å². The molecule has 1 aromatic rings. The third-order valence-corrected chi connectivity index (χ3v) is 2.49. The van der Waals surface area contributed by atoms with E-state index in [2.05, 4.69) is 0 Å². The van der Waals surface area contributed by atoms with E-state index in [9.17, 15) is 9.90 Å². The maximum Gasteiger partial charge on any atom is 0.325 e. The summed E-state index contributed by atoms with van der Waals surface area (Å²) in [6.45, 7) is 0. The van der Waals surface area contributed by atoms with Crippen LogP contribution in [0.2, 0.25) is 0 Å². The zero-order chi connectivity index (χ0) is 10.0. The van der Waals surface area contributed by atoms with Crippen molar-refractivity contribution in [3.8, 4) is 5.75 Å². The first-order valence-electron chi connectivity index (χ1n) is 3.50. The Balaban J connectivity index is 3.15. The Morgan fingerprint density at radius 1 is 1.54 bits per heavy atom. The molecule has 1 aromatic carbocycles. The summed E-state index contributed by atoms with van der Waals surface area (Å²) in [7, 11) is 0. The molecule has 0 bridgehead atoms. The fourth-order valence-electron chi connectivity index (χ4n) is 0.916. The Kier molecular flexibility index (Phi) is 3.10. The number of benzene rings is 1. The maximum absolute atomic E-state index is 10.5. The normalized spacial score (nSPS) is 12.5. The number of para-hydroxylation sites is 1. The molecule has 0 aliphatic carbocycles. The molecule has 0 saturated carbocycles. The minimum Gasteiger partial charge on any atom is -0.506 e. The lowest BCUT2D eigenvalue weighted by Gasteiger charge is -2.09. The second-order valence-corrected chi connectivity index (χ2v) is 3.66. The molecule has 70 valence electrons. The number of halogens is 1. The van der Waals surface area contributed by atoms with Gasteiger partial charge in [0.05, 0.1) is 3.57 Å². The standard InChI is InChI=1S/C8H8INO3/c9-5-3-1-2-4(7(5)11)6(10)8(12)13/h1-3,6,11H,10H2,(H,12,13)/t6-/m0/s1. The molecule has 4 nitrogen and oxygen atoms in total. The van der Waals surface area contributed by atoms with E-state index in [1.165, 1.54) is 6.07 Å². The largest absolute Gasteiger partial charge is 0.506 e. The molecule has 0 saturated heterocycles. The van der Waals surface area contributed by atoms with Gasteiger partial charge >= 0.3 is 5.97 Å². The second-order valence-electron chi connectivity index (χ2n) is 2.49. The number of hydrogen-bond donors (Lipinski definition) is 3. The number of hydrogen-bond acceptors (Lipinski definition) is 3. The number of carboxylic acids is 1. The lowest BCUT2D eigenvalue weighted by Crippen LogP contribution is -2.20. The molecule has 0 heterocycles. The molecule has 0 unspecified atom stereocenters. The topological polar surface area (TPSA) is 83.6 Å². The predicted molar refractivity (Wildman–Crippen MR) is 55.4 cm³/mol. The number of phenols is 1. The number of aromatic hydroxyl groups is 1. The van der Waals surface area contributed by atoms with E-state index < -0.39 is 12.0 Å². The highest BCUT2D eigenvalue weighted by molar-refractivity contribution is 14.1. The van der Waals surface area contributed by atoms with Crippen molar-refractivity contribution in [1.29, 1.82) is 0 Å². The molecule has 1 rings (SSSR count). The van der Waals surface area contributed by atoms with E-state index in [1.54, 1.807) is 12.1 Å². The molecule has 13 heavy (non-hydrogen) atoms. The molecule has 4 N–H and O–H groups in total. The van der Waals surface area contributed by atoms with Gasteiger partial charge in [0.15, 0.2) is 0 Å². The minimum absolute atomic E-state index is 0.0574. The second kappa shape index (κ2) is 3.93. The predicted octanol–water partition coefficient (Wildman–Crippen LogP) is 1.08. The first-order chi connectivity index (χ1) is 6.04. The molecular weight excluding hydrogens is 285 g/mol. The van der Waals surface area contributed by atoms with Gasteiger partial charge in [-0.25, -0.2) is 0 Å². The van der Waals surface area contributed by atoms with Gasteiger partial charge in [0.1, 0.15) is 11.8 Å². The van der Waals surface area contributed by atoms with Crippen molar-refractivity contribution in [2.45, 2.75) is 6.04 Å². The first kappa shape index (κ1) is 10.3. The van der Waals surface area contributed by atoms with Crippen molar-refractivity contribution >= 4 is 28.6 Å². The van der Waals surface area contributed by atoms with Gasteiger partial charge in [-0.15, -0.1) is 0 Å². The highest BCUT2D eigenvalue weighted by Gasteiger charge is 2.18. The summed E-state index contributed by atoms with van der Waals surface area (Å²) in [5, 5.41) is 18.1. The lowest BCUT2D eigenvalue weighted by atomic mass is 10.1. The van der Waals surface area contributed by atoms with E-state index in [0.29, 0.717) is 3.57 Å². The van der Waals surface area contributed by atoms with Gasteiger partial charge in [0, 0.05) is 5.56 Å². The van der Waals surface area contributed by atoms with Gasteiger partial charge < -0.3 is 15.9 Å². The Bertz CT molecular complexity index is 340. The van der Waals surface area contributed by atoms with Crippen LogP contribution in [0.4, 0.5) is 0 Å². The molecule has 5 heteroatoms. The van der Waals surface area contributed by atoms with Crippen LogP contribution < -0.4 is 5.73 Å². The zero-order valence-corrected chi connectivity index (χ0v) is 8.72. The van der Waals surface area contributed by atoms with E-state index in [1.807, 2.05) is 22.6 Å². The van der Waals surface area contributed by atoms with Crippen LogP contribution in [-0.4, -0.2) is 16.2 Å². The molecular formula is C8H8INO3. The molecule has 0 aliphatic rings. The third-order valence-electron chi connectivity index (χ3n) is 1.62. The van der Waals surface area contributed by atoms with Gasteiger partial charge in [-0.1, -0.05) is 12.1 Å². The maximum atomic E-state index is 10.5. The van der Waals surface area contributed by atoms with Gasteiger partial charge in [-0.05, 0) is 28.7 Å². The van der Waals surface area contributed by atoms with Gasteiger partial charge in [-0.2, -0.15) is 0 Å². The van der Waals surface area contributed by atoms with E-state index in [-0.39, 0.29) is 11.3 Å². The molecule has 0 aliphatic heterocycles. The van der Waals surface area contributed by atoms with Gasteiger partial charge in [0.25, 0.3) is 0 Å². The average Bonchev–Trinajstić information content (AvgIpc) is 2.08. The van der Waals surface area contributed by atoms with Gasteiger partial charge in [-0.3, -0.25) is 4.79 Å². The highest BCUT2D eigenvalue weighted by atomic mass is 127. The molecule has 0 aromatic heterocycles. The minimum atomic E-state index is -1.17. The number of carbonyl (C=O) groups is 1. The highest BCUT2D eigenvalue weighted by Crippen LogP contribution is 2.27. The summed E-state index contributed by atoms with van der Waals surface area (Å²) >= 11 is 1.91. The fourth-order valence-corrected chi connectivity index (χ4v) is 1.44. The SMILES string of the molecule is N[C@H](C(=O)O)c1cccc(I)c1O. The van der Waals surface area contributed by atoms with Crippen LogP contribution in [0.1, 0.15) is 11.6 Å². The average molecular weight is 293 g/mol. The van der Waals surface area contributed by atoms with Gasteiger partial charge in [0.2, 0.25) is 0 Å². The smallest absolute Gasteiger partial charge is 0.325 e. The molecule has 0 fully saturated rings. The monoisotopic (exact) mass is 293 g/mol. The number of aliphatic carboxylic acids is 1. The number of nitrogens with two attached hydrogens (primary N) is 1. The van der Waals surface area contributed by atoms with Crippen molar-refractivity contribution < 1.29 is 15.0 Å². The molecule has 0 spiro atoms. The summed E-state index contributed by atoms with van der Waals surface area (Å²) in [5.41, 5.74) is 5.58. The molecule has 0 amide bonds. The Labute approximate surface area is 88.5 Å². The van der Waals surface area contributed by atoms with E-state index in [4.69, 9.17) is 10.8 Å². The van der Waals surface area contributed by atoms with E-state index >= 15 is 0 Å². The van der Waals surface area contributed by atoms with Crippen LogP contribution in [0.25, 0.3) is 0 Å². The van der Waals surface area contributed by atoms with Crippen LogP contribution in [0.15, 0.2) is 18.2 Å². The first-order valence-corrected chi connectivity index (χ1v) is 4.57. The fraction of sp³-hybridized carbons (Fsp3) is 0.125. The van der Waals surface area contributed by atoms with Crippen molar-refractivity contribution in [3.05, 3.63) is 27.3 Å². The summed E-state index contributed by atoms with van der Waals surface area (Å²) < 4.78 is 0.590. The Hall–Kier alpha value is -0.820. The molecule has 1 atom stereocenters. The molecule has 0 radical (unpaired) electrons. The number of phenolic OH excluding ortho intramolecular Hbond substituents is 1. The summed E-state index contributed by atoms with van der Waals surface area (Å²) in [6, 6.07) is 3.65. The van der Waals surface area contributed by atoms with Crippen LogP contribution in [0.3, 0.4) is 0 Å². The van der Waals surface area contributed by atoms with Crippen molar-refractivity contribution in [1.82, 2.24) is 0 Å². The van der Waals surface area contributed by atoms with Crippen molar-refractivity contribution in [2.75, 3.05) is 0 Å². The van der Waals surface area contributed by atoms with Crippen molar-refractivity contribution in [3.63, 3.8) is 0 Å². The quantitative estimate of drug-likeness (QED) is 0.712. The zero-order valence-electron chi connectivity index (χ0n) is 6.57. The number of rotatable bonds is 2. The summed E-state index contributed by atoms with van der Waals surface area (Å²) in [5.74, 6) is -1.21. The van der Waals surface area contributed by atoms with Crippen LogP contribution >= 0.6 is 22.6 Å². The van der Waals surface area contributed by atoms with Crippen LogP contribution in [0.5, 0.6) is 5.75 Å². The Morgan fingerprint density at radius 3 is 2.69 bits per heavy atom. The lowest BCUT2D eigenvalue weighted by molar-refractivity contribution is -0.138. The van der Waals surface area contributed by atoms with E-state index in [0.717, 1.165) is 0 Å². The van der Waals surface area contributed by atoms with Crippen LogP contribution in [-0.2, 0) is 4.79 Å². The third kappa shape index (κ3) is 2.10. The summed E-state index contributed by atoms with van der Waals surface area (Å²) in [4.78, 5) is 10.5. The van der Waals surface area contributed by atoms with Crippen LogP contribution in [0, 0.1) is 3.57 Å².